The number of benzene rings is 4. The molecule has 6 nitrogen and oxygen atoms in total. The molecule has 0 aliphatic carbocycles. The van der Waals surface area contributed by atoms with Gasteiger partial charge in [0.15, 0.2) is 0 Å². The number of nitrogens with zero attached hydrogens (tertiary/aromatic N) is 1. The molecule has 0 atom stereocenters. The van der Waals surface area contributed by atoms with E-state index >= 15 is 0 Å². The number of amides is 2. The zero-order valence-electron chi connectivity index (χ0n) is 19.3. The van der Waals surface area contributed by atoms with Crippen LogP contribution in [0.4, 0.5) is 20.2 Å². The Kier molecular flexibility index (Phi) is 6.54. The number of aromatic amines is 1. The normalized spacial score (nSPS) is 10.6. The average Bonchev–Trinajstić information content (AvgIpc) is 3.41. The molecule has 182 valence electrons. The molecular weight excluding hydrogens is 474 g/mol. The van der Waals surface area contributed by atoms with Crippen LogP contribution in [-0.2, 0) is 0 Å². The van der Waals surface area contributed by atoms with Gasteiger partial charge in [-0.3, -0.25) is 9.59 Å². The van der Waals surface area contributed by atoms with E-state index in [1.807, 2.05) is 24.3 Å². The maximum absolute atomic E-state index is 13.1. The van der Waals surface area contributed by atoms with Gasteiger partial charge in [-0.15, -0.1) is 0 Å². The van der Waals surface area contributed by atoms with E-state index in [2.05, 4.69) is 20.6 Å². The van der Waals surface area contributed by atoms with Crippen molar-refractivity contribution in [3.63, 3.8) is 0 Å². The highest BCUT2D eigenvalue weighted by Gasteiger charge is 2.10. The van der Waals surface area contributed by atoms with Gasteiger partial charge in [0, 0.05) is 28.1 Å². The van der Waals surface area contributed by atoms with Crippen LogP contribution >= 0.6 is 0 Å². The standard InChI is InChI=1S/C29H20F2N4O2/c30-22-9-1-20(2-10-22)28(36)33-24-13-5-18(6-14-24)26-17-32-27(35-26)19-7-15-25(16-8-19)34-29(37)21-3-11-23(31)12-4-21/h1-17H,(H,32,35)(H,33,36)(H,34,37). The van der Waals surface area contributed by atoms with Crippen LogP contribution in [0.15, 0.2) is 103 Å². The molecule has 5 aromatic rings. The van der Waals surface area contributed by atoms with Gasteiger partial charge in [0.2, 0.25) is 0 Å². The molecule has 1 heterocycles. The summed E-state index contributed by atoms with van der Waals surface area (Å²) in [7, 11) is 0. The van der Waals surface area contributed by atoms with Gasteiger partial charge in [-0.25, -0.2) is 13.8 Å². The van der Waals surface area contributed by atoms with Gasteiger partial charge in [0.1, 0.15) is 17.5 Å². The first-order valence-corrected chi connectivity index (χ1v) is 11.3. The third kappa shape index (κ3) is 5.59. The minimum Gasteiger partial charge on any atom is -0.338 e. The first kappa shape index (κ1) is 23.6. The molecule has 0 spiro atoms. The van der Waals surface area contributed by atoms with Crippen molar-refractivity contribution in [1.82, 2.24) is 9.97 Å². The highest BCUT2D eigenvalue weighted by Crippen LogP contribution is 2.25. The lowest BCUT2D eigenvalue weighted by Gasteiger charge is -2.07. The van der Waals surface area contributed by atoms with Gasteiger partial charge in [-0.05, 0) is 90.5 Å². The maximum atomic E-state index is 13.1. The average molecular weight is 495 g/mol. The second-order valence-corrected chi connectivity index (χ2v) is 8.22. The van der Waals surface area contributed by atoms with Crippen LogP contribution < -0.4 is 10.6 Å². The summed E-state index contributed by atoms with van der Waals surface area (Å²) in [5.74, 6) is -0.799. The summed E-state index contributed by atoms with van der Waals surface area (Å²) in [5, 5.41) is 5.57. The molecule has 0 radical (unpaired) electrons. The fraction of sp³-hybridized carbons (Fsp3) is 0. The summed E-state index contributed by atoms with van der Waals surface area (Å²) in [6.45, 7) is 0. The fourth-order valence-electron chi connectivity index (χ4n) is 3.67. The van der Waals surface area contributed by atoms with E-state index in [1.54, 1.807) is 30.5 Å². The summed E-state index contributed by atoms with van der Waals surface area (Å²) in [6, 6.07) is 25.1. The number of rotatable bonds is 6. The van der Waals surface area contributed by atoms with Gasteiger partial charge in [0.05, 0.1) is 11.9 Å². The molecule has 2 amide bonds. The number of halogens is 2. The van der Waals surface area contributed by atoms with Crippen LogP contribution in [0.1, 0.15) is 20.7 Å². The van der Waals surface area contributed by atoms with E-state index in [0.29, 0.717) is 28.3 Å². The summed E-state index contributed by atoms with van der Waals surface area (Å²) in [4.78, 5) is 32.4. The fourth-order valence-corrected chi connectivity index (χ4v) is 3.67. The number of anilines is 2. The molecule has 37 heavy (non-hydrogen) atoms. The Hall–Kier alpha value is -5.11. The molecule has 0 saturated carbocycles. The third-order valence-corrected chi connectivity index (χ3v) is 5.66. The van der Waals surface area contributed by atoms with E-state index in [1.165, 1.54) is 48.5 Å². The van der Waals surface area contributed by atoms with Crippen molar-refractivity contribution in [3.05, 3.63) is 126 Å². The Balaban J connectivity index is 1.23. The second-order valence-electron chi connectivity index (χ2n) is 8.22. The predicted octanol–water partition coefficient (Wildman–Crippen LogP) is 6.53. The summed E-state index contributed by atoms with van der Waals surface area (Å²) in [5.41, 5.74) is 4.43. The van der Waals surface area contributed by atoms with Crippen LogP contribution in [0, 0.1) is 11.6 Å². The highest BCUT2D eigenvalue weighted by molar-refractivity contribution is 6.05. The Morgan fingerprint density at radius 2 is 1.03 bits per heavy atom. The molecule has 0 bridgehead atoms. The lowest BCUT2D eigenvalue weighted by molar-refractivity contribution is 0.101. The van der Waals surface area contributed by atoms with Crippen molar-refractivity contribution in [2.45, 2.75) is 0 Å². The Bertz CT molecular complexity index is 1430. The van der Waals surface area contributed by atoms with Gasteiger partial charge in [0.25, 0.3) is 11.8 Å². The Morgan fingerprint density at radius 3 is 1.49 bits per heavy atom. The smallest absolute Gasteiger partial charge is 0.255 e. The summed E-state index contributed by atoms with van der Waals surface area (Å²) < 4.78 is 26.1. The highest BCUT2D eigenvalue weighted by atomic mass is 19.1. The van der Waals surface area contributed by atoms with E-state index in [-0.39, 0.29) is 11.8 Å². The molecular formula is C29H20F2N4O2. The minimum atomic E-state index is -0.400. The zero-order chi connectivity index (χ0) is 25.8. The topological polar surface area (TPSA) is 86.9 Å². The molecule has 0 unspecified atom stereocenters. The van der Waals surface area contributed by atoms with Crippen molar-refractivity contribution in [3.8, 4) is 22.6 Å². The predicted molar refractivity (Wildman–Crippen MR) is 138 cm³/mol. The van der Waals surface area contributed by atoms with Gasteiger partial charge in [-0.2, -0.15) is 0 Å². The molecule has 1 aromatic heterocycles. The number of hydrogen-bond donors (Lipinski definition) is 3. The molecule has 4 aromatic carbocycles. The molecule has 0 aliphatic heterocycles. The first-order valence-electron chi connectivity index (χ1n) is 11.3. The molecule has 5 rings (SSSR count). The van der Waals surface area contributed by atoms with Crippen LogP contribution in [0.25, 0.3) is 22.6 Å². The quantitative estimate of drug-likeness (QED) is 0.251. The summed E-state index contributed by atoms with van der Waals surface area (Å²) >= 11 is 0. The molecule has 8 heteroatoms. The van der Waals surface area contributed by atoms with Crippen molar-refractivity contribution in [2.24, 2.45) is 0 Å². The van der Waals surface area contributed by atoms with Crippen molar-refractivity contribution >= 4 is 23.2 Å². The van der Waals surface area contributed by atoms with Gasteiger partial charge >= 0.3 is 0 Å². The van der Waals surface area contributed by atoms with Crippen molar-refractivity contribution in [1.29, 1.82) is 0 Å². The third-order valence-electron chi connectivity index (χ3n) is 5.66. The zero-order valence-corrected chi connectivity index (χ0v) is 19.3. The Morgan fingerprint density at radius 1 is 0.595 bits per heavy atom. The molecule has 3 N–H and O–H groups in total. The molecule has 0 fully saturated rings. The number of carbonyl (C=O) groups is 2. The SMILES string of the molecule is O=C(Nc1ccc(-c2cnc(-c3ccc(NC(=O)c4ccc(F)cc4)cc3)[nH]2)cc1)c1ccc(F)cc1. The molecule has 0 aliphatic rings. The monoisotopic (exact) mass is 494 g/mol. The van der Waals surface area contributed by atoms with Crippen molar-refractivity contribution < 1.29 is 18.4 Å². The second kappa shape index (κ2) is 10.2. The number of H-pyrrole nitrogens is 1. The minimum absolute atomic E-state index is 0.325. The lowest BCUT2D eigenvalue weighted by atomic mass is 10.1. The van der Waals surface area contributed by atoms with Crippen molar-refractivity contribution in [2.75, 3.05) is 10.6 Å². The Labute approximate surface area is 211 Å². The van der Waals surface area contributed by atoms with Crippen LogP contribution in [0.5, 0.6) is 0 Å². The van der Waals surface area contributed by atoms with Crippen LogP contribution in [0.2, 0.25) is 0 Å². The van der Waals surface area contributed by atoms with Crippen LogP contribution in [0.3, 0.4) is 0 Å². The molecule has 0 saturated heterocycles. The van der Waals surface area contributed by atoms with E-state index < -0.39 is 11.6 Å². The number of hydrogen-bond acceptors (Lipinski definition) is 3. The first-order chi connectivity index (χ1) is 17.9. The number of nitrogens with one attached hydrogen (secondary N) is 3. The van der Waals surface area contributed by atoms with Gasteiger partial charge < -0.3 is 15.6 Å². The summed E-state index contributed by atoms with van der Waals surface area (Å²) in [6.07, 6.45) is 1.71. The number of imidazole rings is 1. The largest absolute Gasteiger partial charge is 0.338 e. The number of carbonyl (C=O) groups excluding carboxylic acids is 2. The van der Waals surface area contributed by atoms with Gasteiger partial charge in [-0.1, -0.05) is 12.1 Å². The van der Waals surface area contributed by atoms with E-state index in [0.717, 1.165) is 16.8 Å². The lowest BCUT2D eigenvalue weighted by Crippen LogP contribution is -2.11. The number of aromatic nitrogens is 2. The maximum Gasteiger partial charge on any atom is 0.255 e. The van der Waals surface area contributed by atoms with Crippen LogP contribution in [-0.4, -0.2) is 21.8 Å². The van der Waals surface area contributed by atoms with E-state index in [4.69, 9.17) is 0 Å². The van der Waals surface area contributed by atoms with E-state index in [9.17, 15) is 18.4 Å².